The Hall–Kier alpha value is -0.170. The highest BCUT2D eigenvalue weighted by Crippen LogP contribution is 2.11. The van der Waals surface area contributed by atoms with Gasteiger partial charge in [0, 0.05) is 39.3 Å². The van der Waals surface area contributed by atoms with Crippen molar-refractivity contribution in [3.63, 3.8) is 0 Å². The second-order valence-electron chi connectivity index (χ2n) is 4.12. The van der Waals surface area contributed by atoms with Crippen molar-refractivity contribution in [3.8, 4) is 0 Å². The summed E-state index contributed by atoms with van der Waals surface area (Å²) in [6, 6.07) is 0. The summed E-state index contributed by atoms with van der Waals surface area (Å²) in [6.07, 6.45) is 0. The number of hydrogen-bond acceptors (Lipinski definition) is 4. The smallest absolute Gasteiger partial charge is 0.216 e. The van der Waals surface area contributed by atoms with Crippen molar-refractivity contribution >= 4 is 10.0 Å². The van der Waals surface area contributed by atoms with Crippen molar-refractivity contribution in [1.82, 2.24) is 9.21 Å². The lowest BCUT2D eigenvalue weighted by Gasteiger charge is -2.34. The Morgan fingerprint density at radius 2 is 1.73 bits per heavy atom. The Morgan fingerprint density at radius 3 is 2.13 bits per heavy atom. The Morgan fingerprint density at radius 1 is 1.20 bits per heavy atom. The largest absolute Gasteiger partial charge is 0.329 e. The standard InChI is InChI=1S/C9H21N3O2S/c1-9(2)15(13,14)12-7-5-11(4-3-10)6-8-12/h9H,3-8,10H2,1-2H3. The van der Waals surface area contributed by atoms with Gasteiger partial charge in [-0.1, -0.05) is 0 Å². The number of sulfonamides is 1. The predicted molar refractivity (Wildman–Crippen MR) is 61.1 cm³/mol. The van der Waals surface area contributed by atoms with Crippen LogP contribution in [-0.2, 0) is 10.0 Å². The molecular weight excluding hydrogens is 214 g/mol. The lowest BCUT2D eigenvalue weighted by atomic mass is 10.3. The summed E-state index contributed by atoms with van der Waals surface area (Å²) in [5, 5.41) is -0.321. The van der Waals surface area contributed by atoms with Gasteiger partial charge in [-0.15, -0.1) is 0 Å². The third-order valence-corrected chi connectivity index (χ3v) is 5.01. The number of piperazine rings is 1. The molecule has 1 heterocycles. The minimum absolute atomic E-state index is 0.321. The second kappa shape index (κ2) is 5.25. The van der Waals surface area contributed by atoms with Crippen LogP contribution in [-0.4, -0.2) is 62.1 Å². The molecule has 2 N–H and O–H groups in total. The third-order valence-electron chi connectivity index (χ3n) is 2.73. The van der Waals surface area contributed by atoms with Gasteiger partial charge in [-0.05, 0) is 13.8 Å². The van der Waals surface area contributed by atoms with E-state index in [-0.39, 0.29) is 5.25 Å². The number of rotatable bonds is 4. The van der Waals surface area contributed by atoms with Gasteiger partial charge in [0.2, 0.25) is 10.0 Å². The van der Waals surface area contributed by atoms with E-state index in [0.717, 1.165) is 19.6 Å². The Kier molecular flexibility index (Phi) is 4.51. The van der Waals surface area contributed by atoms with E-state index in [1.807, 2.05) is 0 Å². The zero-order valence-corrected chi connectivity index (χ0v) is 10.3. The van der Waals surface area contributed by atoms with E-state index in [1.54, 1.807) is 18.2 Å². The van der Waals surface area contributed by atoms with Crippen LogP contribution in [0.5, 0.6) is 0 Å². The van der Waals surface area contributed by atoms with Crippen molar-refractivity contribution in [2.75, 3.05) is 39.3 Å². The highest BCUT2D eigenvalue weighted by Gasteiger charge is 2.28. The van der Waals surface area contributed by atoms with Gasteiger partial charge in [-0.2, -0.15) is 4.31 Å². The molecule has 0 spiro atoms. The molecule has 0 radical (unpaired) electrons. The molecule has 6 heteroatoms. The number of nitrogens with zero attached hydrogens (tertiary/aromatic N) is 2. The molecule has 1 rings (SSSR count). The van der Waals surface area contributed by atoms with E-state index >= 15 is 0 Å². The van der Waals surface area contributed by atoms with E-state index in [1.165, 1.54) is 0 Å². The Labute approximate surface area is 92.3 Å². The monoisotopic (exact) mass is 235 g/mol. The maximum atomic E-state index is 11.8. The minimum atomic E-state index is -3.06. The minimum Gasteiger partial charge on any atom is -0.329 e. The van der Waals surface area contributed by atoms with E-state index < -0.39 is 10.0 Å². The van der Waals surface area contributed by atoms with Crippen LogP contribution in [0.1, 0.15) is 13.8 Å². The lowest BCUT2D eigenvalue weighted by molar-refractivity contribution is 0.192. The molecule has 0 amide bonds. The molecule has 0 aliphatic carbocycles. The van der Waals surface area contributed by atoms with Crippen LogP contribution in [0.3, 0.4) is 0 Å². The fraction of sp³-hybridized carbons (Fsp3) is 1.00. The van der Waals surface area contributed by atoms with Crippen LogP contribution in [0.25, 0.3) is 0 Å². The molecule has 90 valence electrons. The molecule has 5 nitrogen and oxygen atoms in total. The highest BCUT2D eigenvalue weighted by molar-refractivity contribution is 7.89. The highest BCUT2D eigenvalue weighted by atomic mass is 32.2. The first-order valence-electron chi connectivity index (χ1n) is 5.40. The van der Waals surface area contributed by atoms with Crippen molar-refractivity contribution in [1.29, 1.82) is 0 Å². The summed E-state index contributed by atoms with van der Waals surface area (Å²) < 4.78 is 25.3. The first-order chi connectivity index (χ1) is 6.98. The molecule has 0 saturated carbocycles. The molecular formula is C9H21N3O2S. The fourth-order valence-electron chi connectivity index (χ4n) is 1.69. The van der Waals surface area contributed by atoms with Gasteiger partial charge < -0.3 is 5.73 Å². The second-order valence-corrected chi connectivity index (χ2v) is 6.61. The van der Waals surface area contributed by atoms with Crippen molar-refractivity contribution < 1.29 is 8.42 Å². The molecule has 0 aromatic heterocycles. The first kappa shape index (κ1) is 12.9. The average Bonchev–Trinajstić information content (AvgIpc) is 2.19. The zero-order chi connectivity index (χ0) is 11.5. The third kappa shape index (κ3) is 3.14. The predicted octanol–water partition coefficient (Wildman–Crippen LogP) is -0.699. The topological polar surface area (TPSA) is 66.6 Å². The zero-order valence-electron chi connectivity index (χ0n) is 9.52. The molecule has 1 aliphatic heterocycles. The van der Waals surface area contributed by atoms with Gasteiger partial charge in [0.1, 0.15) is 0 Å². The Bertz CT molecular complexity index is 282. The van der Waals surface area contributed by atoms with Crippen LogP contribution in [0.4, 0.5) is 0 Å². The van der Waals surface area contributed by atoms with Crippen molar-refractivity contribution in [2.45, 2.75) is 19.1 Å². The van der Waals surface area contributed by atoms with E-state index in [2.05, 4.69) is 4.90 Å². The van der Waals surface area contributed by atoms with Gasteiger partial charge in [-0.25, -0.2) is 8.42 Å². The maximum absolute atomic E-state index is 11.8. The first-order valence-corrected chi connectivity index (χ1v) is 6.90. The molecule has 0 atom stereocenters. The molecule has 0 aromatic carbocycles. The van der Waals surface area contributed by atoms with Crippen LogP contribution in [0, 0.1) is 0 Å². The summed E-state index contributed by atoms with van der Waals surface area (Å²) in [5.41, 5.74) is 5.45. The van der Waals surface area contributed by atoms with Crippen LogP contribution >= 0.6 is 0 Å². The number of hydrogen-bond donors (Lipinski definition) is 1. The number of nitrogens with two attached hydrogens (primary N) is 1. The lowest BCUT2D eigenvalue weighted by Crippen LogP contribution is -2.51. The van der Waals surface area contributed by atoms with Crippen molar-refractivity contribution in [2.24, 2.45) is 5.73 Å². The molecule has 0 aromatic rings. The molecule has 1 saturated heterocycles. The summed E-state index contributed by atoms with van der Waals surface area (Å²) in [6.45, 7) is 7.73. The summed E-state index contributed by atoms with van der Waals surface area (Å²) in [7, 11) is -3.06. The quantitative estimate of drug-likeness (QED) is 0.700. The van der Waals surface area contributed by atoms with E-state index in [9.17, 15) is 8.42 Å². The van der Waals surface area contributed by atoms with Crippen molar-refractivity contribution in [3.05, 3.63) is 0 Å². The summed E-state index contributed by atoms with van der Waals surface area (Å²) in [5.74, 6) is 0. The SMILES string of the molecule is CC(C)S(=O)(=O)N1CCN(CCN)CC1. The van der Waals surface area contributed by atoms with Gasteiger partial charge in [0.25, 0.3) is 0 Å². The fourth-order valence-corrected chi connectivity index (χ4v) is 2.96. The molecule has 1 aliphatic rings. The molecule has 0 bridgehead atoms. The van der Waals surface area contributed by atoms with Gasteiger partial charge >= 0.3 is 0 Å². The molecule has 0 unspecified atom stereocenters. The molecule has 15 heavy (non-hydrogen) atoms. The maximum Gasteiger partial charge on any atom is 0.216 e. The normalized spacial score (nSPS) is 21.1. The average molecular weight is 235 g/mol. The van der Waals surface area contributed by atoms with Gasteiger partial charge in [0.05, 0.1) is 5.25 Å². The van der Waals surface area contributed by atoms with Crippen LogP contribution in [0.2, 0.25) is 0 Å². The summed E-state index contributed by atoms with van der Waals surface area (Å²) >= 11 is 0. The van der Waals surface area contributed by atoms with Crippen LogP contribution < -0.4 is 5.73 Å². The summed E-state index contributed by atoms with van der Waals surface area (Å²) in [4.78, 5) is 2.20. The van der Waals surface area contributed by atoms with Gasteiger partial charge in [-0.3, -0.25) is 4.90 Å². The van der Waals surface area contributed by atoms with E-state index in [4.69, 9.17) is 5.73 Å². The molecule has 1 fully saturated rings. The van der Waals surface area contributed by atoms with E-state index in [0.29, 0.717) is 19.6 Å². The van der Waals surface area contributed by atoms with Gasteiger partial charge in [0.15, 0.2) is 0 Å². The Balaban J connectivity index is 2.51. The van der Waals surface area contributed by atoms with Crippen LogP contribution in [0.15, 0.2) is 0 Å².